The lowest BCUT2D eigenvalue weighted by Crippen LogP contribution is -2.43. The molecule has 1 aliphatic rings. The highest BCUT2D eigenvalue weighted by Gasteiger charge is 2.34. The molecule has 0 spiro atoms. The van der Waals surface area contributed by atoms with Gasteiger partial charge in [-0.05, 0) is 49.2 Å². The van der Waals surface area contributed by atoms with Gasteiger partial charge in [0.15, 0.2) is 5.58 Å². The minimum Gasteiger partial charge on any atom is -0.408 e. The van der Waals surface area contributed by atoms with Crippen LogP contribution in [0.3, 0.4) is 0 Å². The predicted octanol–water partition coefficient (Wildman–Crippen LogP) is 3.07. The normalized spacial score (nSPS) is 17.6. The third kappa shape index (κ3) is 4.94. The molecule has 0 bridgehead atoms. The van der Waals surface area contributed by atoms with Gasteiger partial charge in [-0.2, -0.15) is 4.31 Å². The van der Waals surface area contributed by atoms with Crippen molar-refractivity contribution in [2.24, 2.45) is 13.0 Å². The summed E-state index contributed by atoms with van der Waals surface area (Å²) in [5.41, 5.74) is 0.841. The minimum absolute atomic E-state index is 0.0596. The summed E-state index contributed by atoms with van der Waals surface area (Å²) >= 11 is 0. The summed E-state index contributed by atoms with van der Waals surface area (Å²) in [5, 5.41) is 2.60. The van der Waals surface area contributed by atoms with Gasteiger partial charge in [0.2, 0.25) is 15.9 Å². The summed E-state index contributed by atoms with van der Waals surface area (Å²) in [6.45, 7) is 0.145. The molecule has 2 aromatic carbocycles. The Bertz CT molecular complexity index is 1380. The Kier molecular flexibility index (Phi) is 6.16. The van der Waals surface area contributed by atoms with Crippen LogP contribution in [0.2, 0.25) is 0 Å². The minimum atomic E-state index is -4.82. The summed E-state index contributed by atoms with van der Waals surface area (Å²) in [4.78, 5) is 24.3. The van der Waals surface area contributed by atoms with Crippen molar-refractivity contribution < 1.29 is 35.5 Å². The van der Waals surface area contributed by atoms with E-state index in [4.69, 9.17) is 4.42 Å². The molecule has 0 unspecified atom stereocenters. The molecule has 4 rings (SSSR count). The van der Waals surface area contributed by atoms with E-state index in [1.165, 1.54) is 46.3 Å². The Balaban J connectivity index is 1.46. The molecular weight excluding hydrogens is 479 g/mol. The van der Waals surface area contributed by atoms with Crippen molar-refractivity contribution >= 4 is 32.7 Å². The molecule has 1 saturated heterocycles. The number of amides is 1. The topological polar surface area (TPSA) is 111 Å². The first-order chi connectivity index (χ1) is 15.9. The molecule has 1 N–H and O–H groups in total. The standard InChI is InChI=1S/C21H20F3N3O6S/c1-26-17-9-8-16(11-18(17)32-20(26)29)34(30,31)27-10-2-3-13(12-27)19(28)25-14-4-6-15(7-5-14)33-21(22,23)24/h4-9,11,13H,2-3,10,12H2,1H3,(H,25,28)/t13-/m1/s1. The molecule has 1 aromatic heterocycles. The number of oxazole rings is 1. The maximum absolute atomic E-state index is 13.2. The molecule has 182 valence electrons. The number of ether oxygens (including phenoxy) is 1. The van der Waals surface area contributed by atoms with E-state index in [0.29, 0.717) is 18.4 Å². The van der Waals surface area contributed by atoms with Gasteiger partial charge in [0.1, 0.15) is 5.75 Å². The van der Waals surface area contributed by atoms with Crippen LogP contribution < -0.4 is 15.8 Å². The number of rotatable bonds is 5. The number of hydrogen-bond acceptors (Lipinski definition) is 6. The van der Waals surface area contributed by atoms with Crippen molar-refractivity contribution in [1.29, 1.82) is 0 Å². The molecule has 34 heavy (non-hydrogen) atoms. The van der Waals surface area contributed by atoms with E-state index >= 15 is 0 Å². The van der Waals surface area contributed by atoms with Crippen LogP contribution >= 0.6 is 0 Å². The van der Waals surface area contributed by atoms with Crippen LogP contribution in [-0.4, -0.2) is 42.6 Å². The number of fused-ring (bicyclic) bond motifs is 1. The van der Waals surface area contributed by atoms with Crippen molar-refractivity contribution in [3.63, 3.8) is 0 Å². The first-order valence-corrected chi connectivity index (χ1v) is 11.6. The Labute approximate surface area is 191 Å². The van der Waals surface area contributed by atoms with E-state index in [2.05, 4.69) is 10.1 Å². The van der Waals surface area contributed by atoms with Gasteiger partial charge >= 0.3 is 12.1 Å². The molecule has 13 heteroatoms. The quantitative estimate of drug-likeness (QED) is 0.578. The lowest BCUT2D eigenvalue weighted by molar-refractivity contribution is -0.274. The number of alkyl halides is 3. The monoisotopic (exact) mass is 499 g/mol. The Morgan fingerprint density at radius 1 is 1.18 bits per heavy atom. The van der Waals surface area contributed by atoms with E-state index < -0.39 is 39.7 Å². The summed E-state index contributed by atoms with van der Waals surface area (Å²) in [7, 11) is -2.45. The number of piperidine rings is 1. The molecule has 0 saturated carbocycles. The zero-order chi connectivity index (χ0) is 24.7. The number of sulfonamides is 1. The number of halogens is 3. The van der Waals surface area contributed by atoms with Gasteiger partial charge < -0.3 is 14.5 Å². The van der Waals surface area contributed by atoms with E-state index in [1.807, 2.05) is 0 Å². The average molecular weight is 499 g/mol. The Morgan fingerprint density at radius 2 is 1.88 bits per heavy atom. The van der Waals surface area contributed by atoms with Gasteiger partial charge in [-0.25, -0.2) is 13.2 Å². The number of anilines is 1. The van der Waals surface area contributed by atoms with Crippen LogP contribution in [0.25, 0.3) is 11.1 Å². The van der Waals surface area contributed by atoms with Gasteiger partial charge in [0.05, 0.1) is 16.3 Å². The van der Waals surface area contributed by atoms with Crippen LogP contribution in [-0.2, 0) is 21.9 Å². The number of carbonyl (C=O) groups is 1. The summed E-state index contributed by atoms with van der Waals surface area (Å²) < 4.78 is 74.5. The predicted molar refractivity (Wildman–Crippen MR) is 115 cm³/mol. The fraction of sp³-hybridized carbons (Fsp3) is 0.333. The highest BCUT2D eigenvalue weighted by molar-refractivity contribution is 7.89. The molecule has 0 aliphatic carbocycles. The van der Waals surface area contributed by atoms with Crippen LogP contribution in [0, 0.1) is 5.92 Å². The Hall–Kier alpha value is -3.32. The fourth-order valence-electron chi connectivity index (χ4n) is 3.78. The third-order valence-corrected chi connectivity index (χ3v) is 7.37. The number of aryl methyl sites for hydroxylation is 1. The molecule has 1 atom stereocenters. The third-order valence-electron chi connectivity index (χ3n) is 5.51. The zero-order valence-electron chi connectivity index (χ0n) is 17.8. The smallest absolute Gasteiger partial charge is 0.408 e. The van der Waals surface area contributed by atoms with E-state index in [0.717, 1.165) is 12.1 Å². The van der Waals surface area contributed by atoms with Gasteiger partial charge in [-0.15, -0.1) is 13.2 Å². The number of nitrogens with zero attached hydrogens (tertiary/aromatic N) is 2. The van der Waals surface area contributed by atoms with E-state index in [-0.39, 0.29) is 29.3 Å². The molecule has 2 heterocycles. The molecule has 0 radical (unpaired) electrons. The first-order valence-electron chi connectivity index (χ1n) is 10.2. The number of carbonyl (C=O) groups excluding carboxylic acids is 1. The second kappa shape index (κ2) is 8.80. The second-order valence-electron chi connectivity index (χ2n) is 7.82. The van der Waals surface area contributed by atoms with Crippen molar-refractivity contribution in [1.82, 2.24) is 8.87 Å². The average Bonchev–Trinajstić information content (AvgIpc) is 3.07. The largest absolute Gasteiger partial charge is 0.573 e. The summed E-state index contributed by atoms with van der Waals surface area (Å²) in [5.74, 6) is -2.15. The molecular formula is C21H20F3N3O6S. The van der Waals surface area contributed by atoms with E-state index in [1.54, 1.807) is 0 Å². The lowest BCUT2D eigenvalue weighted by atomic mass is 9.99. The van der Waals surface area contributed by atoms with Crippen LogP contribution in [0.4, 0.5) is 18.9 Å². The summed E-state index contributed by atoms with van der Waals surface area (Å²) in [6, 6.07) is 8.80. The zero-order valence-corrected chi connectivity index (χ0v) is 18.6. The van der Waals surface area contributed by atoms with Gasteiger partial charge in [-0.3, -0.25) is 9.36 Å². The van der Waals surface area contributed by atoms with Crippen LogP contribution in [0.5, 0.6) is 5.75 Å². The maximum atomic E-state index is 13.2. The van der Waals surface area contributed by atoms with Crippen molar-refractivity contribution in [2.75, 3.05) is 18.4 Å². The number of benzene rings is 2. The molecule has 1 aliphatic heterocycles. The first kappa shape index (κ1) is 23.8. The number of hydrogen-bond donors (Lipinski definition) is 1. The van der Waals surface area contributed by atoms with Crippen LogP contribution in [0.1, 0.15) is 12.8 Å². The van der Waals surface area contributed by atoms with Crippen molar-refractivity contribution in [3.8, 4) is 5.75 Å². The molecule has 1 fully saturated rings. The molecule has 1 amide bonds. The summed E-state index contributed by atoms with van der Waals surface area (Å²) in [6.07, 6.45) is -3.93. The highest BCUT2D eigenvalue weighted by Crippen LogP contribution is 2.28. The van der Waals surface area contributed by atoms with Gasteiger partial charge in [0.25, 0.3) is 0 Å². The Morgan fingerprint density at radius 3 is 2.56 bits per heavy atom. The second-order valence-corrected chi connectivity index (χ2v) is 9.76. The van der Waals surface area contributed by atoms with E-state index in [9.17, 15) is 31.2 Å². The lowest BCUT2D eigenvalue weighted by Gasteiger charge is -2.31. The SMILES string of the molecule is Cn1c(=O)oc2cc(S(=O)(=O)N3CCC[C@@H](C(=O)Nc4ccc(OC(F)(F)F)cc4)C3)ccc21. The number of aromatic nitrogens is 1. The number of nitrogens with one attached hydrogen (secondary N) is 1. The van der Waals surface area contributed by atoms with Crippen LogP contribution in [0.15, 0.2) is 56.6 Å². The maximum Gasteiger partial charge on any atom is 0.573 e. The van der Waals surface area contributed by atoms with Crippen molar-refractivity contribution in [3.05, 3.63) is 53.0 Å². The molecule has 9 nitrogen and oxygen atoms in total. The van der Waals surface area contributed by atoms with Gasteiger partial charge in [-0.1, -0.05) is 0 Å². The molecule has 3 aromatic rings. The highest BCUT2D eigenvalue weighted by atomic mass is 32.2. The van der Waals surface area contributed by atoms with Crippen molar-refractivity contribution in [2.45, 2.75) is 24.1 Å². The van der Waals surface area contributed by atoms with Gasteiger partial charge in [0, 0.05) is 31.9 Å². The fourth-order valence-corrected chi connectivity index (χ4v) is 5.32.